The maximum absolute atomic E-state index is 13.9. The summed E-state index contributed by atoms with van der Waals surface area (Å²) in [5.74, 6) is 0. The van der Waals surface area contributed by atoms with E-state index in [1.807, 2.05) is 0 Å². The standard InChI is InChI=1S/C35H7F12N7/c36-32(37,38)22-4-16-18(6-24(22)34(42,43)44)28(14(8-48)9-49)30(20(16)12-52)26-2-1-3-27(54-26)31-21(13-53)17-5-23(33(39,40)41)25(35(45,46)47)7-19(17)29(31)15(10-50)11-51/h1-7H. The minimum Gasteiger partial charge on any atom is -0.248 e. The van der Waals surface area contributed by atoms with Crippen LogP contribution in [0.5, 0.6) is 0 Å². The Kier molecular flexibility index (Phi) is 8.91. The number of halogens is 12. The molecule has 0 atom stereocenters. The Morgan fingerprint density at radius 2 is 0.722 bits per heavy atom. The summed E-state index contributed by atoms with van der Waals surface area (Å²) in [5.41, 5.74) is -20.2. The molecule has 0 amide bonds. The van der Waals surface area contributed by atoms with Crippen LogP contribution in [0.2, 0.25) is 0 Å². The molecule has 0 N–H and O–H groups in total. The van der Waals surface area contributed by atoms with Crippen LogP contribution in [0.1, 0.15) is 55.9 Å². The molecular formula is C35H7F12N7. The van der Waals surface area contributed by atoms with Crippen LogP contribution in [0.15, 0.2) is 53.6 Å². The monoisotopic (exact) mass is 753 g/mol. The third-order valence-electron chi connectivity index (χ3n) is 8.05. The van der Waals surface area contributed by atoms with E-state index in [2.05, 4.69) is 4.98 Å². The van der Waals surface area contributed by atoms with E-state index < -0.39 is 125 Å². The molecule has 0 bridgehead atoms. The van der Waals surface area contributed by atoms with Crippen LogP contribution in [0.25, 0.3) is 33.4 Å². The lowest BCUT2D eigenvalue weighted by Crippen LogP contribution is -2.17. The highest BCUT2D eigenvalue weighted by molar-refractivity contribution is 6.27. The van der Waals surface area contributed by atoms with E-state index in [0.29, 0.717) is 0 Å². The van der Waals surface area contributed by atoms with Crippen molar-refractivity contribution >= 4 is 33.4 Å². The number of allylic oxidation sites excluding steroid dienone is 8. The Bertz CT molecular complexity index is 2400. The second-order valence-electron chi connectivity index (χ2n) is 11.0. The number of hydrogen-bond acceptors (Lipinski definition) is 7. The molecule has 0 fully saturated rings. The zero-order chi connectivity index (χ0) is 40.3. The van der Waals surface area contributed by atoms with Gasteiger partial charge in [-0.25, -0.2) is 4.98 Å². The first kappa shape index (κ1) is 37.9. The number of aromatic nitrogens is 1. The average molecular weight is 753 g/mol. The zero-order valence-corrected chi connectivity index (χ0v) is 25.7. The normalized spacial score (nSPS) is 14.0. The Morgan fingerprint density at radius 1 is 0.444 bits per heavy atom. The van der Waals surface area contributed by atoms with Gasteiger partial charge in [-0.2, -0.15) is 84.3 Å². The van der Waals surface area contributed by atoms with Crippen LogP contribution < -0.4 is 0 Å². The molecule has 3 aromatic rings. The number of rotatable bonds is 2. The number of pyridine rings is 1. The lowest BCUT2D eigenvalue weighted by atomic mass is 9.91. The van der Waals surface area contributed by atoms with E-state index in [0.717, 1.165) is 18.2 Å². The van der Waals surface area contributed by atoms with Crippen LogP contribution in [0, 0.1) is 68.0 Å². The number of nitrogens with zero attached hydrogens (tertiary/aromatic N) is 7. The summed E-state index contributed by atoms with van der Waals surface area (Å²) >= 11 is 0. The molecule has 0 spiro atoms. The third kappa shape index (κ3) is 6.04. The van der Waals surface area contributed by atoms with Gasteiger partial charge in [0.25, 0.3) is 0 Å². The average Bonchev–Trinajstić information content (AvgIpc) is 3.59. The fraction of sp³-hybridized carbons (Fsp3) is 0.114. The summed E-state index contributed by atoms with van der Waals surface area (Å²) in [7, 11) is 0. The number of fused-ring (bicyclic) bond motifs is 2. The van der Waals surface area contributed by atoms with Crippen molar-refractivity contribution in [1.29, 1.82) is 31.6 Å². The van der Waals surface area contributed by atoms with Gasteiger partial charge in [-0.15, -0.1) is 0 Å². The molecule has 2 aliphatic carbocycles. The van der Waals surface area contributed by atoms with Crippen LogP contribution in [0.3, 0.4) is 0 Å². The molecule has 7 nitrogen and oxygen atoms in total. The number of alkyl halides is 12. The minimum absolute atomic E-state index is 0.0206. The van der Waals surface area contributed by atoms with Crippen molar-refractivity contribution in [3.05, 3.63) is 110 Å². The minimum atomic E-state index is -5.66. The predicted molar refractivity (Wildman–Crippen MR) is 158 cm³/mol. The van der Waals surface area contributed by atoms with Crippen molar-refractivity contribution in [3.63, 3.8) is 0 Å². The van der Waals surface area contributed by atoms with Crippen molar-refractivity contribution in [2.24, 2.45) is 0 Å². The summed E-state index contributed by atoms with van der Waals surface area (Å²) in [4.78, 5) is 4.17. The molecule has 2 aromatic carbocycles. The van der Waals surface area contributed by atoms with Crippen molar-refractivity contribution in [2.45, 2.75) is 24.7 Å². The lowest BCUT2D eigenvalue weighted by Gasteiger charge is -2.18. The molecule has 0 unspecified atom stereocenters. The van der Waals surface area contributed by atoms with Gasteiger partial charge >= 0.3 is 24.7 Å². The van der Waals surface area contributed by atoms with E-state index in [-0.39, 0.29) is 24.3 Å². The van der Waals surface area contributed by atoms with Crippen molar-refractivity contribution in [1.82, 2.24) is 4.98 Å². The number of benzene rings is 2. The molecule has 0 saturated heterocycles. The molecule has 0 aliphatic heterocycles. The molecule has 0 saturated carbocycles. The Hall–Kier alpha value is -7.35. The van der Waals surface area contributed by atoms with Crippen LogP contribution in [0.4, 0.5) is 52.7 Å². The van der Waals surface area contributed by atoms with Crippen LogP contribution >= 0.6 is 0 Å². The Labute approximate surface area is 293 Å². The highest BCUT2D eigenvalue weighted by Crippen LogP contribution is 2.54. The third-order valence-corrected chi connectivity index (χ3v) is 8.05. The molecule has 54 heavy (non-hydrogen) atoms. The summed E-state index contributed by atoms with van der Waals surface area (Å²) in [6.45, 7) is 0. The Morgan fingerprint density at radius 3 is 0.963 bits per heavy atom. The lowest BCUT2D eigenvalue weighted by molar-refractivity contribution is -0.162. The van der Waals surface area contributed by atoms with Crippen molar-refractivity contribution < 1.29 is 52.7 Å². The van der Waals surface area contributed by atoms with E-state index in [1.165, 1.54) is 36.4 Å². The second kappa shape index (κ2) is 12.7. The van der Waals surface area contributed by atoms with Gasteiger partial charge in [0, 0.05) is 33.4 Å². The SMILES string of the molecule is N#CC(C#N)=C1C(c2cccc(C3=C(C#N)c4cc(C(F)(F)F)c(C(F)(F)F)cc4C3=C(C#N)C#N)n2)=C(C#N)c2cc(C(F)(F)F)c(C(F)(F)F)cc21. The summed E-state index contributed by atoms with van der Waals surface area (Å²) < 4.78 is 167. The quantitative estimate of drug-likeness (QED) is 0.186. The molecule has 5 rings (SSSR count). The molecule has 1 heterocycles. The maximum Gasteiger partial charge on any atom is 0.417 e. The Balaban J connectivity index is 1.90. The second-order valence-corrected chi connectivity index (χ2v) is 11.0. The fourth-order valence-corrected chi connectivity index (χ4v) is 6.00. The molecule has 0 radical (unpaired) electrons. The topological polar surface area (TPSA) is 156 Å². The van der Waals surface area contributed by atoms with Gasteiger partial charge in [0.1, 0.15) is 47.6 Å². The van der Waals surface area contributed by atoms with Gasteiger partial charge in [0.15, 0.2) is 0 Å². The highest BCUT2D eigenvalue weighted by Gasteiger charge is 2.47. The first-order valence-electron chi connectivity index (χ1n) is 14.1. The first-order chi connectivity index (χ1) is 25.1. The van der Waals surface area contributed by atoms with Crippen LogP contribution in [-0.4, -0.2) is 4.98 Å². The van der Waals surface area contributed by atoms with E-state index >= 15 is 0 Å². The smallest absolute Gasteiger partial charge is 0.248 e. The van der Waals surface area contributed by atoms with E-state index in [1.54, 1.807) is 0 Å². The summed E-state index contributed by atoms with van der Waals surface area (Å²) in [5, 5.41) is 59.1. The van der Waals surface area contributed by atoms with E-state index in [9.17, 15) is 84.3 Å². The van der Waals surface area contributed by atoms with Crippen molar-refractivity contribution in [2.75, 3.05) is 0 Å². The van der Waals surface area contributed by atoms with Crippen molar-refractivity contribution in [3.8, 4) is 36.4 Å². The summed E-state index contributed by atoms with van der Waals surface area (Å²) in [6.07, 6.45) is -22.6. The molecule has 19 heteroatoms. The first-order valence-corrected chi connectivity index (χ1v) is 14.1. The zero-order valence-electron chi connectivity index (χ0n) is 25.7. The summed E-state index contributed by atoms with van der Waals surface area (Å²) in [6, 6.07) is 11.4. The molecule has 2 aliphatic rings. The van der Waals surface area contributed by atoms with Crippen LogP contribution in [-0.2, 0) is 24.7 Å². The molecule has 266 valence electrons. The number of nitriles is 6. The van der Waals surface area contributed by atoms with Gasteiger partial charge < -0.3 is 0 Å². The fourth-order valence-electron chi connectivity index (χ4n) is 6.00. The van der Waals surface area contributed by atoms with Gasteiger partial charge in [-0.05, 0) is 47.5 Å². The largest absolute Gasteiger partial charge is 0.417 e. The van der Waals surface area contributed by atoms with E-state index in [4.69, 9.17) is 0 Å². The van der Waals surface area contributed by atoms with Gasteiger partial charge in [-0.1, -0.05) is 6.07 Å². The van der Waals surface area contributed by atoms with Gasteiger partial charge in [-0.3, -0.25) is 0 Å². The van der Waals surface area contributed by atoms with Gasteiger partial charge in [0.05, 0.1) is 44.8 Å². The predicted octanol–water partition coefficient (Wildman–Crippen LogP) is 9.65. The maximum atomic E-state index is 13.9. The van der Waals surface area contributed by atoms with Gasteiger partial charge in [0.2, 0.25) is 0 Å². The highest BCUT2D eigenvalue weighted by atomic mass is 19.4. The number of hydrogen-bond donors (Lipinski definition) is 0. The molecular weight excluding hydrogens is 746 g/mol. The molecule has 1 aromatic heterocycles.